The molecule has 7 heteroatoms. The highest BCUT2D eigenvalue weighted by Crippen LogP contribution is 2.21. The van der Waals surface area contributed by atoms with E-state index >= 15 is 0 Å². The van der Waals surface area contributed by atoms with E-state index in [1.807, 2.05) is 0 Å². The van der Waals surface area contributed by atoms with Gasteiger partial charge in [-0.05, 0) is 25.5 Å². The zero-order valence-corrected chi connectivity index (χ0v) is 19.1. The molecule has 2 aliphatic rings. The van der Waals surface area contributed by atoms with Gasteiger partial charge in [0, 0.05) is 64.0 Å². The summed E-state index contributed by atoms with van der Waals surface area (Å²) < 4.78 is 0. The molecule has 160 valence electrons. The van der Waals surface area contributed by atoms with Crippen molar-refractivity contribution in [3.8, 4) is 0 Å². The average molecular weight is 438 g/mol. The second-order valence-corrected chi connectivity index (χ2v) is 7.92. The van der Waals surface area contributed by atoms with Crippen LogP contribution in [0.4, 0.5) is 5.95 Å². The maximum absolute atomic E-state index is 4.93. The minimum atomic E-state index is 0. The minimum absolute atomic E-state index is 0. The number of benzene rings is 1. The van der Waals surface area contributed by atoms with E-state index in [4.69, 9.17) is 9.97 Å². The molecule has 4 rings (SSSR count). The SMILES string of the molecule is CCCN1CCN(c2ncc3c(n2)CCN(Cc2ccc(C)cc2)C3)CC1.Cl.Cl. The summed E-state index contributed by atoms with van der Waals surface area (Å²) in [4.78, 5) is 17.0. The normalized spacial score (nSPS) is 17.2. The van der Waals surface area contributed by atoms with Crippen LogP contribution in [0.2, 0.25) is 0 Å². The molecule has 1 aromatic heterocycles. The highest BCUT2D eigenvalue weighted by atomic mass is 35.5. The van der Waals surface area contributed by atoms with Gasteiger partial charge in [0.15, 0.2) is 0 Å². The van der Waals surface area contributed by atoms with E-state index in [0.717, 1.165) is 58.2 Å². The van der Waals surface area contributed by atoms with Crippen LogP contribution in [0.1, 0.15) is 35.7 Å². The summed E-state index contributed by atoms with van der Waals surface area (Å²) in [6, 6.07) is 8.87. The molecule has 0 unspecified atom stereocenters. The summed E-state index contributed by atoms with van der Waals surface area (Å²) in [6.07, 6.45) is 4.32. The highest BCUT2D eigenvalue weighted by molar-refractivity contribution is 5.85. The number of rotatable bonds is 5. The standard InChI is InChI=1S/C22H31N5.2ClH/c1-3-9-25-11-13-27(14-12-25)22-23-15-20-17-26(10-8-21(20)24-22)16-19-6-4-18(2)5-7-19;;/h4-7,15H,3,8-14,16-17H2,1-2H3;2*1H. The molecule has 0 saturated carbocycles. The van der Waals surface area contributed by atoms with Gasteiger partial charge in [0.25, 0.3) is 0 Å². The Morgan fingerprint density at radius 1 is 0.931 bits per heavy atom. The lowest BCUT2D eigenvalue weighted by atomic mass is 10.1. The zero-order chi connectivity index (χ0) is 18.6. The molecule has 0 spiro atoms. The van der Waals surface area contributed by atoms with E-state index in [2.05, 4.69) is 59.0 Å². The Morgan fingerprint density at radius 2 is 1.66 bits per heavy atom. The Kier molecular flexibility index (Phi) is 9.15. The van der Waals surface area contributed by atoms with Gasteiger partial charge in [0.05, 0.1) is 5.69 Å². The molecule has 0 atom stereocenters. The van der Waals surface area contributed by atoms with E-state index in [-0.39, 0.29) is 24.8 Å². The van der Waals surface area contributed by atoms with Gasteiger partial charge in [-0.3, -0.25) is 9.80 Å². The molecule has 1 aromatic carbocycles. The number of piperazine rings is 1. The van der Waals surface area contributed by atoms with Crippen LogP contribution >= 0.6 is 24.8 Å². The van der Waals surface area contributed by atoms with Gasteiger partial charge in [-0.1, -0.05) is 36.8 Å². The van der Waals surface area contributed by atoms with Gasteiger partial charge in [-0.15, -0.1) is 24.8 Å². The van der Waals surface area contributed by atoms with Gasteiger partial charge in [-0.2, -0.15) is 0 Å². The predicted molar refractivity (Wildman–Crippen MR) is 124 cm³/mol. The summed E-state index contributed by atoms with van der Waals surface area (Å²) in [5.41, 5.74) is 5.24. The van der Waals surface area contributed by atoms with Crippen molar-refractivity contribution in [3.63, 3.8) is 0 Å². The lowest BCUT2D eigenvalue weighted by molar-refractivity contribution is 0.242. The van der Waals surface area contributed by atoms with E-state index in [0.29, 0.717) is 0 Å². The first-order valence-corrected chi connectivity index (χ1v) is 10.3. The summed E-state index contributed by atoms with van der Waals surface area (Å²) in [7, 11) is 0. The smallest absolute Gasteiger partial charge is 0.225 e. The molecule has 1 fully saturated rings. The topological polar surface area (TPSA) is 35.5 Å². The molecule has 2 aliphatic heterocycles. The molecule has 1 saturated heterocycles. The molecule has 0 N–H and O–H groups in total. The number of aryl methyl sites for hydroxylation is 1. The fraction of sp³-hybridized carbons (Fsp3) is 0.545. The molecule has 0 bridgehead atoms. The Balaban J connectivity index is 0.00000150. The zero-order valence-electron chi connectivity index (χ0n) is 17.5. The van der Waals surface area contributed by atoms with Gasteiger partial charge in [-0.25, -0.2) is 9.97 Å². The Hall–Kier alpha value is -1.40. The number of halogens is 2. The lowest BCUT2D eigenvalue weighted by Crippen LogP contribution is -2.47. The van der Waals surface area contributed by atoms with Crippen molar-refractivity contribution in [1.29, 1.82) is 0 Å². The van der Waals surface area contributed by atoms with Crippen LogP contribution < -0.4 is 4.90 Å². The molecule has 0 aliphatic carbocycles. The number of fused-ring (bicyclic) bond motifs is 1. The molecular formula is C22H33Cl2N5. The fourth-order valence-electron chi connectivity index (χ4n) is 4.09. The summed E-state index contributed by atoms with van der Waals surface area (Å²) >= 11 is 0. The van der Waals surface area contributed by atoms with Gasteiger partial charge >= 0.3 is 0 Å². The average Bonchev–Trinajstić information content (AvgIpc) is 2.70. The minimum Gasteiger partial charge on any atom is -0.338 e. The maximum Gasteiger partial charge on any atom is 0.225 e. The van der Waals surface area contributed by atoms with Gasteiger partial charge in [0.1, 0.15) is 0 Å². The number of aromatic nitrogens is 2. The summed E-state index contributed by atoms with van der Waals surface area (Å²) in [6.45, 7) is 12.9. The van der Waals surface area contributed by atoms with Crippen molar-refractivity contribution < 1.29 is 0 Å². The van der Waals surface area contributed by atoms with Crippen molar-refractivity contribution in [2.45, 2.75) is 39.8 Å². The number of hydrogen-bond acceptors (Lipinski definition) is 5. The number of hydrogen-bond donors (Lipinski definition) is 0. The highest BCUT2D eigenvalue weighted by Gasteiger charge is 2.22. The predicted octanol–water partition coefficient (Wildman–Crippen LogP) is 3.72. The molecule has 5 nitrogen and oxygen atoms in total. The molecular weight excluding hydrogens is 405 g/mol. The summed E-state index contributed by atoms with van der Waals surface area (Å²) in [5, 5.41) is 0. The largest absolute Gasteiger partial charge is 0.338 e. The van der Waals surface area contributed by atoms with Gasteiger partial charge < -0.3 is 4.90 Å². The number of anilines is 1. The van der Waals surface area contributed by atoms with E-state index in [9.17, 15) is 0 Å². The van der Waals surface area contributed by atoms with Crippen molar-refractivity contribution in [3.05, 3.63) is 52.8 Å². The maximum atomic E-state index is 4.93. The third-order valence-corrected chi connectivity index (χ3v) is 5.72. The van der Waals surface area contributed by atoms with Crippen molar-refractivity contribution in [2.24, 2.45) is 0 Å². The van der Waals surface area contributed by atoms with Crippen LogP contribution in [0.5, 0.6) is 0 Å². The monoisotopic (exact) mass is 437 g/mol. The first-order valence-electron chi connectivity index (χ1n) is 10.3. The number of nitrogens with zero attached hydrogens (tertiary/aromatic N) is 5. The van der Waals surface area contributed by atoms with Crippen LogP contribution in [-0.4, -0.2) is 59.0 Å². The molecule has 0 amide bonds. The third-order valence-electron chi connectivity index (χ3n) is 5.72. The van der Waals surface area contributed by atoms with Crippen molar-refractivity contribution >= 4 is 30.8 Å². The van der Waals surface area contributed by atoms with Crippen molar-refractivity contribution in [1.82, 2.24) is 19.8 Å². The van der Waals surface area contributed by atoms with Crippen LogP contribution in [0.15, 0.2) is 30.5 Å². The van der Waals surface area contributed by atoms with Crippen LogP contribution in [0, 0.1) is 6.92 Å². The molecule has 0 radical (unpaired) electrons. The quantitative estimate of drug-likeness (QED) is 0.711. The van der Waals surface area contributed by atoms with E-state index in [1.165, 1.54) is 35.3 Å². The van der Waals surface area contributed by atoms with Crippen LogP contribution in [0.25, 0.3) is 0 Å². The first kappa shape index (κ1) is 23.9. The fourth-order valence-corrected chi connectivity index (χ4v) is 4.09. The molecule has 3 heterocycles. The Labute approximate surface area is 187 Å². The van der Waals surface area contributed by atoms with E-state index < -0.39 is 0 Å². The second kappa shape index (κ2) is 11.1. The Morgan fingerprint density at radius 3 is 2.34 bits per heavy atom. The van der Waals surface area contributed by atoms with Crippen molar-refractivity contribution in [2.75, 3.05) is 44.2 Å². The summed E-state index contributed by atoms with van der Waals surface area (Å²) in [5.74, 6) is 0.928. The van der Waals surface area contributed by atoms with Crippen LogP contribution in [-0.2, 0) is 19.5 Å². The molecule has 2 aromatic rings. The van der Waals surface area contributed by atoms with Crippen LogP contribution in [0.3, 0.4) is 0 Å². The lowest BCUT2D eigenvalue weighted by Gasteiger charge is -2.35. The third kappa shape index (κ3) is 6.05. The first-order chi connectivity index (χ1) is 13.2. The molecule has 29 heavy (non-hydrogen) atoms. The van der Waals surface area contributed by atoms with Gasteiger partial charge in [0.2, 0.25) is 5.95 Å². The van der Waals surface area contributed by atoms with E-state index in [1.54, 1.807) is 0 Å². The second-order valence-electron chi connectivity index (χ2n) is 7.92. The Bertz CT molecular complexity index is 760.